The Hall–Kier alpha value is -3.45. The van der Waals surface area contributed by atoms with Crippen LogP contribution in [0.1, 0.15) is 27.0 Å². The van der Waals surface area contributed by atoms with Crippen LogP contribution in [-0.2, 0) is 6.54 Å². The van der Waals surface area contributed by atoms with E-state index in [1.807, 2.05) is 56.3 Å². The maximum absolute atomic E-state index is 13.6. The second-order valence-corrected chi connectivity index (χ2v) is 8.25. The van der Waals surface area contributed by atoms with E-state index in [1.165, 1.54) is 11.3 Å². The fourth-order valence-electron chi connectivity index (χ4n) is 3.46. The zero-order valence-electron chi connectivity index (χ0n) is 17.9. The molecule has 0 atom stereocenters. The van der Waals surface area contributed by atoms with Gasteiger partial charge in [0.25, 0.3) is 5.91 Å². The molecule has 0 bridgehead atoms. The number of aryl methyl sites for hydroxylation is 2. The van der Waals surface area contributed by atoms with Gasteiger partial charge < -0.3 is 9.47 Å². The van der Waals surface area contributed by atoms with Crippen molar-refractivity contribution in [2.24, 2.45) is 0 Å². The molecule has 2 aromatic heterocycles. The number of pyridine rings is 1. The molecule has 0 radical (unpaired) electrons. The molecular formula is C24H23N3O3S. The quantitative estimate of drug-likeness (QED) is 0.420. The van der Waals surface area contributed by atoms with Crippen molar-refractivity contribution in [1.82, 2.24) is 9.97 Å². The van der Waals surface area contributed by atoms with Gasteiger partial charge in [-0.2, -0.15) is 0 Å². The summed E-state index contributed by atoms with van der Waals surface area (Å²) in [6.45, 7) is 4.34. The lowest BCUT2D eigenvalue weighted by molar-refractivity contribution is 0.0984. The lowest BCUT2D eigenvalue weighted by Gasteiger charge is -2.21. The van der Waals surface area contributed by atoms with E-state index in [0.29, 0.717) is 28.7 Å². The summed E-state index contributed by atoms with van der Waals surface area (Å²) in [5.74, 6) is 1.13. The van der Waals surface area contributed by atoms with Gasteiger partial charge in [0.1, 0.15) is 0 Å². The van der Waals surface area contributed by atoms with Gasteiger partial charge in [0.15, 0.2) is 16.6 Å². The molecule has 6 nitrogen and oxygen atoms in total. The minimum atomic E-state index is -0.0978. The number of aromatic nitrogens is 2. The fraction of sp³-hybridized carbons (Fsp3) is 0.208. The third-order valence-corrected chi connectivity index (χ3v) is 6.08. The van der Waals surface area contributed by atoms with Crippen LogP contribution in [0.3, 0.4) is 0 Å². The van der Waals surface area contributed by atoms with Gasteiger partial charge in [0, 0.05) is 30.1 Å². The van der Waals surface area contributed by atoms with Crippen LogP contribution < -0.4 is 14.4 Å². The number of anilines is 1. The molecule has 0 aliphatic rings. The van der Waals surface area contributed by atoms with Gasteiger partial charge in [-0.05, 0) is 37.1 Å². The number of rotatable bonds is 6. The number of hydrogen-bond acceptors (Lipinski definition) is 6. The Labute approximate surface area is 185 Å². The van der Waals surface area contributed by atoms with Crippen molar-refractivity contribution in [3.63, 3.8) is 0 Å². The molecule has 0 aliphatic carbocycles. The molecule has 0 unspecified atom stereocenters. The number of benzene rings is 2. The number of methoxy groups -OCH3 is 2. The first-order valence-corrected chi connectivity index (χ1v) is 10.6. The highest BCUT2D eigenvalue weighted by Gasteiger charge is 2.24. The molecule has 7 heteroatoms. The van der Waals surface area contributed by atoms with Crippen LogP contribution in [0.25, 0.3) is 10.2 Å². The molecule has 2 heterocycles. The van der Waals surface area contributed by atoms with Crippen molar-refractivity contribution in [3.05, 3.63) is 77.1 Å². The second kappa shape index (κ2) is 8.73. The smallest absolute Gasteiger partial charge is 0.260 e. The molecule has 0 saturated carbocycles. The van der Waals surface area contributed by atoms with E-state index >= 15 is 0 Å². The number of ether oxygens (including phenoxy) is 2. The highest BCUT2D eigenvalue weighted by molar-refractivity contribution is 7.22. The SMILES string of the molecule is COc1cc2nc(N(Cc3cccnc3)C(=O)c3ccc(C)cc3C)sc2cc1OC. The highest BCUT2D eigenvalue weighted by Crippen LogP contribution is 2.38. The Morgan fingerprint density at radius 2 is 1.84 bits per heavy atom. The second-order valence-electron chi connectivity index (χ2n) is 7.24. The summed E-state index contributed by atoms with van der Waals surface area (Å²) in [7, 11) is 3.19. The zero-order chi connectivity index (χ0) is 22.0. The van der Waals surface area contributed by atoms with E-state index in [4.69, 9.17) is 14.5 Å². The first-order valence-electron chi connectivity index (χ1n) is 9.80. The van der Waals surface area contributed by atoms with Crippen molar-refractivity contribution in [2.75, 3.05) is 19.1 Å². The largest absolute Gasteiger partial charge is 0.493 e. The first-order chi connectivity index (χ1) is 15.0. The van der Waals surface area contributed by atoms with E-state index in [9.17, 15) is 4.79 Å². The Balaban J connectivity index is 1.81. The zero-order valence-corrected chi connectivity index (χ0v) is 18.7. The number of carbonyl (C=O) groups excluding carboxylic acids is 1. The molecule has 0 saturated heterocycles. The average Bonchev–Trinajstić information content (AvgIpc) is 3.19. The molecule has 4 aromatic rings. The summed E-state index contributed by atoms with van der Waals surface area (Å²) < 4.78 is 11.7. The van der Waals surface area contributed by atoms with Crippen molar-refractivity contribution in [3.8, 4) is 11.5 Å². The van der Waals surface area contributed by atoms with E-state index in [0.717, 1.165) is 26.9 Å². The standard InChI is InChI=1S/C24H23N3O3S/c1-15-7-8-18(16(2)10-15)23(28)27(14-17-6-5-9-25-13-17)24-26-19-11-20(29-3)21(30-4)12-22(19)31-24/h5-13H,14H2,1-4H3. The lowest BCUT2D eigenvalue weighted by atomic mass is 10.0. The molecule has 1 amide bonds. The number of fused-ring (bicyclic) bond motifs is 1. The van der Waals surface area contributed by atoms with Crippen LogP contribution in [0.4, 0.5) is 5.13 Å². The van der Waals surface area contributed by atoms with Crippen molar-refractivity contribution in [2.45, 2.75) is 20.4 Å². The lowest BCUT2D eigenvalue weighted by Crippen LogP contribution is -2.31. The van der Waals surface area contributed by atoms with E-state index in [1.54, 1.807) is 31.5 Å². The molecule has 0 N–H and O–H groups in total. The van der Waals surface area contributed by atoms with E-state index in [-0.39, 0.29) is 5.91 Å². The summed E-state index contributed by atoms with van der Waals surface area (Å²) in [4.78, 5) is 24.3. The topological polar surface area (TPSA) is 64.5 Å². The monoisotopic (exact) mass is 433 g/mol. The fourth-order valence-corrected chi connectivity index (χ4v) is 4.43. The number of hydrogen-bond donors (Lipinski definition) is 0. The van der Waals surface area contributed by atoms with Crippen LogP contribution in [-0.4, -0.2) is 30.1 Å². The maximum Gasteiger partial charge on any atom is 0.260 e. The van der Waals surface area contributed by atoms with Gasteiger partial charge in [0.2, 0.25) is 0 Å². The number of amides is 1. The Kier molecular flexibility index (Phi) is 5.86. The van der Waals surface area contributed by atoms with Gasteiger partial charge in [0.05, 0.1) is 31.0 Å². The summed E-state index contributed by atoms with van der Waals surface area (Å²) in [5.41, 5.74) is 4.39. The maximum atomic E-state index is 13.6. The van der Waals surface area contributed by atoms with Gasteiger partial charge in [-0.25, -0.2) is 4.98 Å². The normalized spacial score (nSPS) is 10.8. The first kappa shape index (κ1) is 20.8. The molecule has 0 fully saturated rings. The summed E-state index contributed by atoms with van der Waals surface area (Å²) in [5, 5.41) is 0.610. The van der Waals surface area contributed by atoms with Crippen molar-refractivity contribution < 1.29 is 14.3 Å². The van der Waals surface area contributed by atoms with Crippen LogP contribution in [0.15, 0.2) is 54.9 Å². The Bertz CT molecular complexity index is 1200. The molecule has 0 spiro atoms. The van der Waals surface area contributed by atoms with Crippen LogP contribution in [0.5, 0.6) is 11.5 Å². The van der Waals surface area contributed by atoms with Crippen LogP contribution >= 0.6 is 11.3 Å². The highest BCUT2D eigenvalue weighted by atomic mass is 32.1. The molecule has 2 aromatic carbocycles. The predicted octanol–water partition coefficient (Wildman–Crippen LogP) is 5.17. The summed E-state index contributed by atoms with van der Waals surface area (Å²) in [6, 6.07) is 13.4. The van der Waals surface area contributed by atoms with Gasteiger partial charge >= 0.3 is 0 Å². The summed E-state index contributed by atoms with van der Waals surface area (Å²) in [6.07, 6.45) is 3.48. The number of thiazole rings is 1. The molecular weight excluding hydrogens is 410 g/mol. The van der Waals surface area contributed by atoms with Crippen molar-refractivity contribution >= 4 is 32.6 Å². The number of nitrogens with zero attached hydrogens (tertiary/aromatic N) is 3. The summed E-state index contributed by atoms with van der Waals surface area (Å²) >= 11 is 1.44. The molecule has 158 valence electrons. The van der Waals surface area contributed by atoms with Gasteiger partial charge in [-0.3, -0.25) is 14.7 Å². The molecule has 4 rings (SSSR count). The minimum Gasteiger partial charge on any atom is -0.493 e. The Morgan fingerprint density at radius 1 is 1.06 bits per heavy atom. The third-order valence-electron chi connectivity index (χ3n) is 5.03. The molecule has 31 heavy (non-hydrogen) atoms. The third kappa shape index (κ3) is 4.22. The average molecular weight is 434 g/mol. The number of carbonyl (C=O) groups is 1. The van der Waals surface area contributed by atoms with Gasteiger partial charge in [-0.15, -0.1) is 0 Å². The van der Waals surface area contributed by atoms with Gasteiger partial charge in [-0.1, -0.05) is 35.1 Å². The van der Waals surface area contributed by atoms with Crippen LogP contribution in [0.2, 0.25) is 0 Å². The van der Waals surface area contributed by atoms with E-state index in [2.05, 4.69) is 4.98 Å². The van der Waals surface area contributed by atoms with Crippen LogP contribution in [0, 0.1) is 13.8 Å². The molecule has 0 aliphatic heterocycles. The van der Waals surface area contributed by atoms with E-state index < -0.39 is 0 Å². The predicted molar refractivity (Wildman–Crippen MR) is 123 cm³/mol. The minimum absolute atomic E-state index is 0.0978. The van der Waals surface area contributed by atoms with Crippen molar-refractivity contribution in [1.29, 1.82) is 0 Å². The Morgan fingerprint density at radius 3 is 2.52 bits per heavy atom.